The van der Waals surface area contributed by atoms with E-state index in [9.17, 15) is 9.90 Å². The second-order valence-corrected chi connectivity index (χ2v) is 8.79. The summed E-state index contributed by atoms with van der Waals surface area (Å²) in [7, 11) is 0. The number of hydrogen-bond donors (Lipinski definition) is 1. The molecule has 3 rings (SSSR count). The zero-order valence-corrected chi connectivity index (χ0v) is 21.1. The smallest absolute Gasteiger partial charge is 0.227 e. The third-order valence-corrected chi connectivity index (χ3v) is 6.56. The first kappa shape index (κ1) is 24.7. The SMILES string of the molecule is CCCCCC[C@H](O)c1ccc(N2C(=O)CC[C@@H]2CCCc2cc[c-]s2)cc1.[Y]. The van der Waals surface area contributed by atoms with E-state index in [0.717, 1.165) is 49.8 Å². The van der Waals surface area contributed by atoms with Gasteiger partial charge in [0.25, 0.3) is 0 Å². The van der Waals surface area contributed by atoms with Crippen LogP contribution in [0.25, 0.3) is 0 Å². The summed E-state index contributed by atoms with van der Waals surface area (Å²) < 4.78 is 0. The summed E-state index contributed by atoms with van der Waals surface area (Å²) in [6, 6.07) is 12.4. The van der Waals surface area contributed by atoms with E-state index in [1.165, 1.54) is 24.1 Å². The average molecular weight is 487 g/mol. The first-order valence-electron chi connectivity index (χ1n) is 10.7. The summed E-state index contributed by atoms with van der Waals surface area (Å²) in [6.45, 7) is 2.20. The third-order valence-electron chi connectivity index (χ3n) is 5.70. The second-order valence-electron chi connectivity index (χ2n) is 7.82. The minimum absolute atomic E-state index is 0. The van der Waals surface area contributed by atoms with E-state index < -0.39 is 6.10 Å². The van der Waals surface area contributed by atoms with Crippen molar-refractivity contribution in [3.05, 3.63) is 52.2 Å². The molecule has 1 N–H and O–H groups in total. The summed E-state index contributed by atoms with van der Waals surface area (Å²) in [6.07, 6.45) is 9.86. The van der Waals surface area contributed by atoms with Crippen LogP contribution in [-0.4, -0.2) is 17.1 Å². The molecule has 5 heteroatoms. The van der Waals surface area contributed by atoms with Crippen LogP contribution in [0.3, 0.4) is 0 Å². The van der Waals surface area contributed by atoms with Crippen molar-refractivity contribution in [1.29, 1.82) is 0 Å². The molecule has 2 atom stereocenters. The number of amides is 1. The topological polar surface area (TPSA) is 40.5 Å². The van der Waals surface area contributed by atoms with Crippen LogP contribution in [0.2, 0.25) is 0 Å². The summed E-state index contributed by atoms with van der Waals surface area (Å²) >= 11 is 1.69. The number of unbranched alkanes of at least 4 members (excludes halogenated alkanes) is 3. The zero-order chi connectivity index (χ0) is 19.8. The van der Waals surface area contributed by atoms with Gasteiger partial charge in [-0.05, 0) is 37.0 Å². The fraction of sp³-hybridized carbons (Fsp3) is 0.542. The monoisotopic (exact) mass is 487 g/mol. The average Bonchev–Trinajstić information content (AvgIpc) is 3.35. The van der Waals surface area contributed by atoms with Crippen LogP contribution in [0.4, 0.5) is 5.69 Å². The third kappa shape index (κ3) is 7.27. The molecule has 1 saturated heterocycles. The van der Waals surface area contributed by atoms with Gasteiger partial charge in [0.05, 0.1) is 6.10 Å². The number of aryl methyl sites for hydroxylation is 1. The molecule has 0 saturated carbocycles. The molecule has 1 aromatic heterocycles. The van der Waals surface area contributed by atoms with E-state index in [1.807, 2.05) is 35.2 Å². The van der Waals surface area contributed by atoms with Crippen molar-refractivity contribution in [2.75, 3.05) is 4.90 Å². The van der Waals surface area contributed by atoms with Gasteiger partial charge in [0, 0.05) is 50.9 Å². The predicted octanol–water partition coefficient (Wildman–Crippen LogP) is 6.07. The Labute approximate surface area is 204 Å². The number of aliphatic hydroxyl groups excluding tert-OH is 1. The van der Waals surface area contributed by atoms with Gasteiger partial charge in [-0.1, -0.05) is 57.6 Å². The molecule has 0 unspecified atom stereocenters. The molecule has 155 valence electrons. The molecule has 1 aromatic carbocycles. The molecular weight excluding hydrogens is 455 g/mol. The van der Waals surface area contributed by atoms with Crippen molar-refractivity contribution in [1.82, 2.24) is 0 Å². The summed E-state index contributed by atoms with van der Waals surface area (Å²) in [5.74, 6) is 0.224. The van der Waals surface area contributed by atoms with Crippen molar-refractivity contribution in [2.24, 2.45) is 0 Å². The Morgan fingerprint density at radius 3 is 2.66 bits per heavy atom. The largest absolute Gasteiger partial charge is 0.388 e. The van der Waals surface area contributed by atoms with Gasteiger partial charge >= 0.3 is 0 Å². The number of anilines is 1. The molecule has 0 aliphatic carbocycles. The molecule has 2 aromatic rings. The molecule has 1 radical (unpaired) electrons. The van der Waals surface area contributed by atoms with Crippen molar-refractivity contribution in [3.63, 3.8) is 0 Å². The fourth-order valence-corrected chi connectivity index (χ4v) is 4.75. The molecule has 29 heavy (non-hydrogen) atoms. The van der Waals surface area contributed by atoms with Crippen LogP contribution in [0.1, 0.15) is 81.3 Å². The van der Waals surface area contributed by atoms with Gasteiger partial charge in [-0.25, -0.2) is 6.07 Å². The molecule has 0 bridgehead atoms. The maximum atomic E-state index is 12.5. The molecule has 1 aliphatic heterocycles. The number of benzene rings is 1. The number of thiophene rings is 1. The number of hydrogen-bond acceptors (Lipinski definition) is 3. The van der Waals surface area contributed by atoms with Gasteiger partial charge < -0.3 is 21.3 Å². The maximum absolute atomic E-state index is 12.5. The molecule has 2 heterocycles. The Morgan fingerprint density at radius 2 is 1.97 bits per heavy atom. The normalized spacial score (nSPS) is 17.4. The number of carbonyl (C=O) groups excluding carboxylic acids is 1. The van der Waals surface area contributed by atoms with Gasteiger partial charge in [0.1, 0.15) is 0 Å². The predicted molar refractivity (Wildman–Crippen MR) is 117 cm³/mol. The molecule has 1 amide bonds. The van der Waals surface area contributed by atoms with Crippen LogP contribution in [0, 0.1) is 5.38 Å². The van der Waals surface area contributed by atoms with E-state index in [0.29, 0.717) is 12.5 Å². The summed E-state index contributed by atoms with van der Waals surface area (Å²) in [5.41, 5.74) is 1.93. The van der Waals surface area contributed by atoms with Crippen LogP contribution >= 0.6 is 11.3 Å². The Kier molecular flexibility index (Phi) is 11.1. The van der Waals surface area contributed by atoms with Crippen LogP contribution in [0.15, 0.2) is 36.4 Å². The van der Waals surface area contributed by atoms with E-state index in [4.69, 9.17) is 0 Å². The van der Waals surface area contributed by atoms with Gasteiger partial charge in [0.2, 0.25) is 5.91 Å². The Balaban J connectivity index is 0.00000300. The Hall–Kier alpha value is -0.546. The zero-order valence-electron chi connectivity index (χ0n) is 17.5. The second kappa shape index (κ2) is 13.0. The molecular formula is C24H32NO2SY-. The van der Waals surface area contributed by atoms with E-state index >= 15 is 0 Å². The minimum Gasteiger partial charge on any atom is -0.388 e. The molecule has 0 spiro atoms. The minimum atomic E-state index is -0.404. The van der Waals surface area contributed by atoms with Crippen LogP contribution < -0.4 is 4.90 Å². The van der Waals surface area contributed by atoms with Crippen LogP contribution in [0.5, 0.6) is 0 Å². The van der Waals surface area contributed by atoms with Crippen molar-refractivity contribution in [2.45, 2.75) is 83.3 Å². The van der Waals surface area contributed by atoms with E-state index in [-0.39, 0.29) is 38.6 Å². The van der Waals surface area contributed by atoms with E-state index in [1.54, 1.807) is 11.3 Å². The quantitative estimate of drug-likeness (QED) is 0.309. The summed E-state index contributed by atoms with van der Waals surface area (Å²) in [5, 5.41) is 13.5. The van der Waals surface area contributed by atoms with Crippen molar-refractivity contribution in [3.8, 4) is 0 Å². The van der Waals surface area contributed by atoms with E-state index in [2.05, 4.69) is 18.4 Å². The van der Waals surface area contributed by atoms with Gasteiger partial charge in [-0.3, -0.25) is 4.79 Å². The first-order chi connectivity index (χ1) is 13.7. The number of carbonyl (C=O) groups is 1. The van der Waals surface area contributed by atoms with Gasteiger partial charge in [-0.2, -0.15) is 6.07 Å². The Morgan fingerprint density at radius 1 is 1.17 bits per heavy atom. The first-order valence-corrected chi connectivity index (χ1v) is 11.6. The standard InChI is InChI=1S/C24H32NO2S.Y/c1-2-3-4-5-11-23(26)19-12-14-21(15-13-19)25-20(16-17-24(25)27)8-6-9-22-10-7-18-28-22;/h7,10,12-15,20,23,26H,2-6,8-9,11,16-17H2,1H3;/q-1;/t20-,23-;/m0./s1. The maximum Gasteiger partial charge on any atom is 0.227 e. The molecule has 3 nitrogen and oxygen atoms in total. The van der Waals surface area contributed by atoms with Crippen molar-refractivity contribution >= 4 is 22.9 Å². The fourth-order valence-electron chi connectivity index (χ4n) is 4.08. The number of aliphatic hydroxyl groups is 1. The van der Waals surface area contributed by atoms with Crippen LogP contribution in [-0.2, 0) is 43.9 Å². The number of rotatable bonds is 11. The number of nitrogens with zero attached hydrogens (tertiary/aromatic N) is 1. The molecule has 1 fully saturated rings. The van der Waals surface area contributed by atoms with Gasteiger partial charge in [0.15, 0.2) is 0 Å². The van der Waals surface area contributed by atoms with Gasteiger partial charge in [-0.15, -0.1) is 10.3 Å². The van der Waals surface area contributed by atoms with Crippen molar-refractivity contribution < 1.29 is 42.6 Å². The Bertz CT molecular complexity index is 717. The molecule has 1 aliphatic rings. The summed E-state index contributed by atoms with van der Waals surface area (Å²) in [4.78, 5) is 15.8.